The molecule has 7 heteroatoms. The maximum absolute atomic E-state index is 12.4. The number of ketones is 1. The van der Waals surface area contributed by atoms with Crippen molar-refractivity contribution in [1.29, 1.82) is 0 Å². The molecule has 0 radical (unpaired) electrons. The number of hydrogen-bond donors (Lipinski definition) is 1. The largest absolute Gasteiger partial charge is 0.459 e. The summed E-state index contributed by atoms with van der Waals surface area (Å²) in [5, 5.41) is 2.38. The Morgan fingerprint density at radius 2 is 2.00 bits per heavy atom. The van der Waals surface area contributed by atoms with E-state index in [1.807, 2.05) is 19.9 Å². The lowest BCUT2D eigenvalue weighted by Crippen LogP contribution is -2.31. The van der Waals surface area contributed by atoms with Crippen LogP contribution >= 0.6 is 0 Å². The Hall–Kier alpha value is -2.83. The number of hydrogen-bond acceptors (Lipinski definition) is 5. The first-order valence-corrected chi connectivity index (χ1v) is 8.96. The van der Waals surface area contributed by atoms with Crippen LogP contribution in [0.4, 0.5) is 0 Å². The van der Waals surface area contributed by atoms with Gasteiger partial charge in [-0.15, -0.1) is 0 Å². The summed E-state index contributed by atoms with van der Waals surface area (Å²) < 4.78 is 12.0. The first kappa shape index (κ1) is 20.5. The van der Waals surface area contributed by atoms with E-state index in [2.05, 4.69) is 23.7 Å². The van der Waals surface area contributed by atoms with E-state index in [9.17, 15) is 14.4 Å². The van der Waals surface area contributed by atoms with Crippen molar-refractivity contribution in [2.24, 2.45) is 5.92 Å². The lowest BCUT2D eigenvalue weighted by atomic mass is 10.1. The van der Waals surface area contributed by atoms with Crippen molar-refractivity contribution in [2.45, 2.75) is 40.7 Å². The van der Waals surface area contributed by atoms with Crippen LogP contribution in [0.2, 0.25) is 0 Å². The Morgan fingerprint density at radius 3 is 2.63 bits per heavy atom. The molecule has 27 heavy (non-hydrogen) atoms. The topological polar surface area (TPSA) is 90.5 Å². The molecule has 0 unspecified atom stereocenters. The Morgan fingerprint density at radius 1 is 1.26 bits per heavy atom. The number of aromatic nitrogens is 1. The molecule has 2 rings (SSSR count). The highest BCUT2D eigenvalue weighted by Gasteiger charge is 2.18. The molecule has 0 bridgehead atoms. The minimum Gasteiger partial charge on any atom is -0.459 e. The Labute approximate surface area is 158 Å². The van der Waals surface area contributed by atoms with Crippen molar-refractivity contribution < 1.29 is 23.5 Å². The number of Topliss-reactive ketones (excluding diaryl/α,β-unsaturated/α-hetero) is 1. The Bertz CT molecular complexity index is 803. The van der Waals surface area contributed by atoms with E-state index in [0.717, 1.165) is 24.4 Å². The predicted molar refractivity (Wildman–Crippen MR) is 99.7 cm³/mol. The fourth-order valence-electron chi connectivity index (χ4n) is 2.74. The molecule has 0 aliphatic heterocycles. The quantitative estimate of drug-likeness (QED) is 0.538. The van der Waals surface area contributed by atoms with Crippen molar-refractivity contribution >= 4 is 17.7 Å². The molecule has 0 saturated carbocycles. The lowest BCUT2D eigenvalue weighted by molar-refractivity contribution is -0.141. The minimum absolute atomic E-state index is 0.104. The normalized spacial score (nSPS) is 10.9. The SMILES string of the molecule is Cc1cc(C(=O)COC(=O)CNC(=O)c2ccco2)c(C)n1CCC(C)C. The van der Waals surface area contributed by atoms with Gasteiger partial charge in [0.2, 0.25) is 5.78 Å². The molecule has 7 nitrogen and oxygen atoms in total. The van der Waals surface area contributed by atoms with E-state index in [1.54, 1.807) is 6.07 Å². The molecular weight excluding hydrogens is 348 g/mol. The second-order valence-electron chi connectivity index (χ2n) is 6.86. The van der Waals surface area contributed by atoms with Crippen LogP contribution in [-0.2, 0) is 16.1 Å². The fraction of sp³-hybridized carbons (Fsp3) is 0.450. The minimum atomic E-state index is -0.683. The molecule has 1 amide bonds. The highest BCUT2D eigenvalue weighted by Crippen LogP contribution is 2.17. The van der Waals surface area contributed by atoms with Crippen LogP contribution in [0.1, 0.15) is 52.6 Å². The van der Waals surface area contributed by atoms with Crippen LogP contribution in [0.15, 0.2) is 28.9 Å². The lowest BCUT2D eigenvalue weighted by Gasteiger charge is -2.11. The second-order valence-corrected chi connectivity index (χ2v) is 6.86. The van der Waals surface area contributed by atoms with Crippen LogP contribution in [0.3, 0.4) is 0 Å². The van der Waals surface area contributed by atoms with Gasteiger partial charge in [-0.1, -0.05) is 13.8 Å². The summed E-state index contributed by atoms with van der Waals surface area (Å²) >= 11 is 0. The molecule has 146 valence electrons. The number of nitrogens with zero attached hydrogens (tertiary/aromatic N) is 1. The third-order valence-electron chi connectivity index (χ3n) is 4.31. The highest BCUT2D eigenvalue weighted by molar-refractivity contribution is 5.99. The smallest absolute Gasteiger partial charge is 0.325 e. The molecule has 1 N–H and O–H groups in total. The van der Waals surface area contributed by atoms with Crippen LogP contribution in [-0.4, -0.2) is 35.4 Å². The van der Waals surface area contributed by atoms with Gasteiger partial charge < -0.3 is 19.0 Å². The molecule has 0 spiro atoms. The van der Waals surface area contributed by atoms with Crippen molar-refractivity contribution in [3.05, 3.63) is 47.2 Å². The number of carbonyl (C=O) groups is 3. The summed E-state index contributed by atoms with van der Waals surface area (Å²) in [7, 11) is 0. The zero-order valence-electron chi connectivity index (χ0n) is 16.2. The summed E-state index contributed by atoms with van der Waals surface area (Å²) in [4.78, 5) is 35.8. The summed E-state index contributed by atoms with van der Waals surface area (Å²) in [6.07, 6.45) is 2.39. The zero-order valence-corrected chi connectivity index (χ0v) is 16.2. The van der Waals surface area contributed by atoms with Crippen molar-refractivity contribution in [3.8, 4) is 0 Å². The summed E-state index contributed by atoms with van der Waals surface area (Å²) in [5.74, 6) is -0.783. The Balaban J connectivity index is 1.85. The summed E-state index contributed by atoms with van der Waals surface area (Å²) in [6.45, 7) is 8.33. The van der Waals surface area contributed by atoms with E-state index >= 15 is 0 Å². The van der Waals surface area contributed by atoms with Gasteiger partial charge in [-0.2, -0.15) is 0 Å². The fourth-order valence-corrected chi connectivity index (χ4v) is 2.74. The Kier molecular flexibility index (Phi) is 6.98. The van der Waals surface area contributed by atoms with Crippen LogP contribution < -0.4 is 5.32 Å². The molecule has 0 aliphatic rings. The van der Waals surface area contributed by atoms with Gasteiger partial charge in [-0.05, 0) is 44.4 Å². The van der Waals surface area contributed by atoms with Gasteiger partial charge in [0, 0.05) is 23.5 Å². The third-order valence-corrected chi connectivity index (χ3v) is 4.31. The van der Waals surface area contributed by atoms with Gasteiger partial charge in [0.05, 0.1) is 6.26 Å². The molecular formula is C20H26N2O5. The number of amides is 1. The molecule has 2 aromatic heterocycles. The van der Waals surface area contributed by atoms with Gasteiger partial charge in [0.25, 0.3) is 5.91 Å². The zero-order chi connectivity index (χ0) is 20.0. The molecule has 0 aliphatic carbocycles. The first-order chi connectivity index (χ1) is 12.8. The van der Waals surface area contributed by atoms with Crippen molar-refractivity contribution in [3.63, 3.8) is 0 Å². The van der Waals surface area contributed by atoms with Gasteiger partial charge in [-0.25, -0.2) is 0 Å². The number of ether oxygens (including phenoxy) is 1. The maximum atomic E-state index is 12.4. The number of rotatable bonds is 9. The molecule has 2 aromatic rings. The summed E-state index contributed by atoms with van der Waals surface area (Å²) in [6, 6.07) is 4.88. The standard InChI is InChI=1S/C20H26N2O5/c1-13(2)7-8-22-14(3)10-16(15(22)4)17(23)12-27-19(24)11-21-20(25)18-6-5-9-26-18/h5-6,9-10,13H,7-8,11-12H2,1-4H3,(H,21,25). The van der Waals surface area contributed by atoms with Crippen LogP contribution in [0.5, 0.6) is 0 Å². The highest BCUT2D eigenvalue weighted by atomic mass is 16.5. The number of aryl methyl sites for hydroxylation is 1. The average Bonchev–Trinajstić information content (AvgIpc) is 3.24. The molecule has 0 fully saturated rings. The predicted octanol–water partition coefficient (Wildman–Crippen LogP) is 2.90. The number of nitrogens with one attached hydrogen (secondary N) is 1. The van der Waals surface area contributed by atoms with Crippen molar-refractivity contribution in [2.75, 3.05) is 13.2 Å². The van der Waals surface area contributed by atoms with Gasteiger partial charge >= 0.3 is 5.97 Å². The first-order valence-electron chi connectivity index (χ1n) is 8.96. The summed E-state index contributed by atoms with van der Waals surface area (Å²) in [5.41, 5.74) is 2.44. The van der Waals surface area contributed by atoms with Crippen LogP contribution in [0, 0.1) is 19.8 Å². The molecule has 0 atom stereocenters. The second kappa shape index (κ2) is 9.21. The van der Waals surface area contributed by atoms with E-state index in [-0.39, 0.29) is 24.7 Å². The molecule has 0 aromatic carbocycles. The van der Waals surface area contributed by atoms with E-state index in [0.29, 0.717) is 11.5 Å². The van der Waals surface area contributed by atoms with Gasteiger partial charge in [-0.3, -0.25) is 14.4 Å². The van der Waals surface area contributed by atoms with Crippen molar-refractivity contribution in [1.82, 2.24) is 9.88 Å². The third kappa shape index (κ3) is 5.57. The number of furan rings is 1. The molecule has 2 heterocycles. The maximum Gasteiger partial charge on any atom is 0.325 e. The average molecular weight is 374 g/mol. The molecule has 0 saturated heterocycles. The van der Waals surface area contributed by atoms with Gasteiger partial charge in [0.1, 0.15) is 6.54 Å². The van der Waals surface area contributed by atoms with E-state index < -0.39 is 11.9 Å². The van der Waals surface area contributed by atoms with E-state index in [4.69, 9.17) is 9.15 Å². The number of esters is 1. The number of carbonyl (C=O) groups excluding carboxylic acids is 3. The van der Waals surface area contributed by atoms with Gasteiger partial charge in [0.15, 0.2) is 12.4 Å². The van der Waals surface area contributed by atoms with E-state index in [1.165, 1.54) is 12.3 Å². The van der Waals surface area contributed by atoms with Crippen LogP contribution in [0.25, 0.3) is 0 Å². The monoisotopic (exact) mass is 374 g/mol.